The van der Waals surface area contributed by atoms with Crippen LogP contribution in [0, 0.1) is 0 Å². The van der Waals surface area contributed by atoms with Gasteiger partial charge in [-0.05, 0) is 0 Å². The Morgan fingerprint density at radius 1 is 1.00 bits per heavy atom. The molecule has 0 saturated carbocycles. The van der Waals surface area contributed by atoms with Crippen LogP contribution in [0.15, 0.2) is 69.2 Å². The van der Waals surface area contributed by atoms with Crippen LogP contribution < -0.4 is 24.8 Å². The van der Waals surface area contributed by atoms with Gasteiger partial charge in [-0.3, -0.25) is 0 Å². The molecular weight excluding hydrogens is 494 g/mol. The minimum Gasteiger partial charge on any atom is -1.00 e. The minimum absolute atomic E-state index is 0. The fraction of sp³-hybridized carbons (Fsp3) is 0.292. The maximum atomic E-state index is 9.61. The van der Waals surface area contributed by atoms with Crippen LogP contribution in [0.4, 0.5) is 0 Å². The van der Waals surface area contributed by atoms with E-state index in [2.05, 4.69) is 84.4 Å². The first-order valence-electron chi connectivity index (χ1n) is 9.94. The molecule has 29 heavy (non-hydrogen) atoms. The van der Waals surface area contributed by atoms with Crippen molar-refractivity contribution in [3.05, 3.63) is 80.3 Å². The second-order valence-corrected chi connectivity index (χ2v) is 19.6. The van der Waals surface area contributed by atoms with Crippen molar-refractivity contribution in [3.8, 4) is 11.1 Å². The third-order valence-corrected chi connectivity index (χ3v) is 17.7. The topological polar surface area (TPSA) is 20.2 Å². The smallest absolute Gasteiger partial charge is 1.00 e. The van der Waals surface area contributed by atoms with Crippen molar-refractivity contribution in [1.29, 1.82) is 0 Å². The van der Waals surface area contributed by atoms with Crippen LogP contribution in [0.2, 0.25) is 19.1 Å². The Hall–Kier alpha value is -0.570. The van der Waals surface area contributed by atoms with Gasteiger partial charge in [-0.15, -0.1) is 0 Å². The Bertz CT molecular complexity index is 933. The van der Waals surface area contributed by atoms with E-state index in [9.17, 15) is 5.11 Å². The number of fused-ring (bicyclic) bond motifs is 3. The van der Waals surface area contributed by atoms with E-state index >= 15 is 0 Å². The van der Waals surface area contributed by atoms with Crippen molar-refractivity contribution in [1.82, 2.24) is 0 Å². The summed E-state index contributed by atoms with van der Waals surface area (Å²) in [4.78, 5) is 0. The zero-order valence-electron chi connectivity index (χ0n) is 17.3. The van der Waals surface area contributed by atoms with Crippen LogP contribution in [0.25, 0.3) is 11.1 Å². The number of rotatable bonds is 5. The van der Waals surface area contributed by atoms with E-state index in [0.29, 0.717) is 10.2 Å². The first-order valence-corrected chi connectivity index (χ1v) is 17.2. The third kappa shape index (κ3) is 4.41. The predicted octanol–water partition coefficient (Wildman–Crippen LogP) is -0.341. The third-order valence-electron chi connectivity index (χ3n) is 6.20. The van der Waals surface area contributed by atoms with Crippen molar-refractivity contribution in [3.63, 3.8) is 0 Å². The fourth-order valence-electron chi connectivity index (χ4n) is 4.83. The van der Waals surface area contributed by atoms with Crippen molar-refractivity contribution in [2.45, 2.75) is 36.1 Å². The van der Waals surface area contributed by atoms with Crippen LogP contribution in [0.1, 0.15) is 28.1 Å². The quantitative estimate of drug-likeness (QED) is 0.533. The van der Waals surface area contributed by atoms with Gasteiger partial charge in [0.1, 0.15) is 0 Å². The van der Waals surface area contributed by atoms with Gasteiger partial charge in [0.2, 0.25) is 0 Å². The summed E-state index contributed by atoms with van der Waals surface area (Å²) in [6.07, 6.45) is 5.93. The van der Waals surface area contributed by atoms with Gasteiger partial charge in [0, 0.05) is 0 Å². The molecule has 0 amide bonds. The van der Waals surface area contributed by atoms with Crippen molar-refractivity contribution < 1.29 is 51.2 Å². The summed E-state index contributed by atoms with van der Waals surface area (Å²) in [6, 6.07) is 19.1. The predicted molar refractivity (Wildman–Crippen MR) is 116 cm³/mol. The molecule has 0 fully saturated rings. The van der Waals surface area contributed by atoms with Gasteiger partial charge in [-0.25, -0.2) is 0 Å². The molecule has 0 unspecified atom stereocenters. The molecule has 1 nitrogen and oxygen atoms in total. The first kappa shape index (κ1) is 24.7. The molecule has 0 atom stereocenters. The molecular formula is C24H28Cl2OSiZr. The minimum atomic E-state index is -2.05. The summed E-state index contributed by atoms with van der Waals surface area (Å²) in [5.74, 6) is 0. The molecule has 2 aromatic rings. The van der Waals surface area contributed by atoms with Crippen molar-refractivity contribution in [2.75, 3.05) is 6.61 Å². The molecule has 0 spiro atoms. The second-order valence-electron chi connectivity index (χ2n) is 8.21. The SMILES string of the molecule is C[CH]=[Zr+2]([C]1=C([Si](C)(C)CCO)C=CC1)[CH]1c2ccccc2-c2ccccc21.[Cl-].[Cl-]. The first-order chi connectivity index (χ1) is 13.1. The fourth-order valence-corrected chi connectivity index (χ4v) is 17.8. The van der Waals surface area contributed by atoms with Gasteiger partial charge in [0.15, 0.2) is 0 Å². The normalized spacial score (nSPS) is 15.0. The maximum Gasteiger partial charge on any atom is -1.00 e. The Balaban J connectivity index is 0.00000150. The molecule has 0 saturated heterocycles. The van der Waals surface area contributed by atoms with Crippen LogP contribution >= 0.6 is 0 Å². The molecule has 0 aromatic heterocycles. The summed E-state index contributed by atoms with van der Waals surface area (Å²) in [7, 11) is -1.57. The van der Waals surface area contributed by atoms with E-state index in [-0.39, 0.29) is 24.8 Å². The zero-order valence-corrected chi connectivity index (χ0v) is 22.2. The molecule has 0 bridgehead atoms. The van der Waals surface area contributed by atoms with Gasteiger partial charge in [0.05, 0.1) is 0 Å². The largest absolute Gasteiger partial charge is 1.00 e. The Labute approximate surface area is 195 Å². The van der Waals surface area contributed by atoms with Crippen molar-refractivity contribution >= 4 is 11.8 Å². The number of benzene rings is 2. The molecule has 0 radical (unpaired) electrons. The average molecular weight is 523 g/mol. The summed E-state index contributed by atoms with van der Waals surface area (Å²) in [6.45, 7) is 7.48. The monoisotopic (exact) mass is 520 g/mol. The number of hydrogen-bond donors (Lipinski definition) is 1. The Morgan fingerprint density at radius 3 is 2.07 bits per heavy atom. The van der Waals surface area contributed by atoms with Crippen LogP contribution in [0.3, 0.4) is 0 Å². The second kappa shape index (κ2) is 10.2. The summed E-state index contributed by atoms with van der Waals surface area (Å²) < 4.78 is 4.98. The molecule has 0 heterocycles. The maximum absolute atomic E-state index is 9.61. The van der Waals surface area contributed by atoms with Crippen LogP contribution in [-0.4, -0.2) is 23.5 Å². The van der Waals surface area contributed by atoms with E-state index in [4.69, 9.17) is 0 Å². The van der Waals surface area contributed by atoms with E-state index in [1.165, 1.54) is 11.1 Å². The molecule has 2 aliphatic rings. The molecule has 2 aromatic carbocycles. The van der Waals surface area contributed by atoms with Gasteiger partial charge in [-0.1, -0.05) is 0 Å². The molecule has 152 valence electrons. The molecule has 1 N–H and O–H groups in total. The Kier molecular flexibility index (Phi) is 8.65. The number of halogens is 2. The zero-order chi connectivity index (χ0) is 19.0. The van der Waals surface area contributed by atoms with E-state index in [1.54, 1.807) is 19.6 Å². The summed E-state index contributed by atoms with van der Waals surface area (Å²) in [5, 5.41) is 11.3. The standard InChI is InChI=1S/C13H9.C9H15OSi.C2H4.2ClH.Zr/c1-3-7-12-10(5-1)9-11-6-2-4-8-13(11)12;1-11(2,8-7-10)9-5-3-4-6-9;1-2;;;/h1-9H;3,5,10H,4,7-8H2,1-2H3;1H,2H3;2*1H;/q;;;;;+2/p-2. The van der Waals surface area contributed by atoms with Crippen LogP contribution in [0.5, 0.6) is 0 Å². The van der Waals surface area contributed by atoms with Gasteiger partial charge in [-0.2, -0.15) is 0 Å². The number of hydrogen-bond acceptors (Lipinski definition) is 1. The average Bonchev–Trinajstić information content (AvgIpc) is 3.28. The van der Waals surface area contributed by atoms with E-state index in [1.807, 2.05) is 0 Å². The molecule has 5 heteroatoms. The number of aliphatic hydroxyl groups excluding tert-OH is 1. The van der Waals surface area contributed by atoms with Crippen LogP contribution in [-0.2, 0) is 21.3 Å². The summed E-state index contributed by atoms with van der Waals surface area (Å²) >= 11 is -2.05. The summed E-state index contributed by atoms with van der Waals surface area (Å²) in [5.41, 5.74) is 5.98. The van der Waals surface area contributed by atoms with E-state index in [0.717, 1.165) is 12.5 Å². The molecule has 2 aliphatic carbocycles. The Morgan fingerprint density at radius 2 is 1.55 bits per heavy atom. The molecule has 0 aliphatic heterocycles. The van der Waals surface area contributed by atoms with Gasteiger partial charge in [0.25, 0.3) is 0 Å². The number of allylic oxidation sites excluding steroid dienone is 4. The van der Waals surface area contributed by atoms with Crippen molar-refractivity contribution in [2.24, 2.45) is 0 Å². The van der Waals surface area contributed by atoms with Gasteiger partial charge >= 0.3 is 172 Å². The van der Waals surface area contributed by atoms with E-state index < -0.39 is 29.3 Å². The molecule has 4 rings (SSSR count). The van der Waals surface area contributed by atoms with Gasteiger partial charge < -0.3 is 24.8 Å². The number of aliphatic hydroxyl groups is 1.